The molecule has 1 fully saturated rings. The van der Waals surface area contributed by atoms with Gasteiger partial charge < -0.3 is 4.57 Å². The van der Waals surface area contributed by atoms with Gasteiger partial charge in [0.2, 0.25) is 10.0 Å². The largest absolute Gasteiger partial charge is 0.332 e. The van der Waals surface area contributed by atoms with Gasteiger partial charge in [-0.1, -0.05) is 18.2 Å². The van der Waals surface area contributed by atoms with Gasteiger partial charge in [0.15, 0.2) is 11.2 Å². The van der Waals surface area contributed by atoms with Crippen molar-refractivity contribution in [3.05, 3.63) is 57.0 Å². The fraction of sp³-hybridized carbons (Fsp3) is 0.450. The Balaban J connectivity index is 1.44. The van der Waals surface area contributed by atoms with E-state index in [-0.39, 0.29) is 5.56 Å². The number of aromatic nitrogens is 4. The third-order valence-corrected chi connectivity index (χ3v) is 7.98. The molecule has 1 aliphatic heterocycles. The standard InChI is InChI=1S/C20H26N6O4S/c1-15-6-4-5-7-16(15)31(29,30)26-12-9-24(10-13-26)8-11-25-14-21-18-17(25)19(27)23(3)20(28)22(18)2/h4-7,14H,8-13H2,1-3H3. The van der Waals surface area contributed by atoms with E-state index in [1.54, 1.807) is 43.1 Å². The molecular formula is C20H26N6O4S. The minimum Gasteiger partial charge on any atom is -0.323 e. The summed E-state index contributed by atoms with van der Waals surface area (Å²) >= 11 is 0. The highest BCUT2D eigenvalue weighted by Crippen LogP contribution is 2.20. The molecule has 0 radical (unpaired) electrons. The molecule has 31 heavy (non-hydrogen) atoms. The molecule has 0 N–H and O–H groups in total. The Labute approximate surface area is 180 Å². The number of benzene rings is 1. The predicted octanol–water partition coefficient (Wildman–Crippen LogP) is -0.251. The Morgan fingerprint density at radius 1 is 0.968 bits per heavy atom. The van der Waals surface area contributed by atoms with Gasteiger partial charge in [-0.05, 0) is 18.6 Å². The van der Waals surface area contributed by atoms with Crippen LogP contribution in [0.5, 0.6) is 0 Å². The van der Waals surface area contributed by atoms with Gasteiger partial charge in [0.1, 0.15) is 0 Å². The first-order valence-electron chi connectivity index (χ1n) is 10.1. The molecule has 166 valence electrons. The fourth-order valence-corrected chi connectivity index (χ4v) is 5.64. The van der Waals surface area contributed by atoms with E-state index in [1.165, 1.54) is 15.9 Å². The first-order valence-corrected chi connectivity index (χ1v) is 11.5. The summed E-state index contributed by atoms with van der Waals surface area (Å²) in [6.45, 7) is 5.01. The number of hydrogen-bond donors (Lipinski definition) is 0. The highest BCUT2D eigenvalue weighted by Gasteiger charge is 2.29. The summed E-state index contributed by atoms with van der Waals surface area (Å²) in [5.74, 6) is 0. The lowest BCUT2D eigenvalue weighted by Gasteiger charge is -2.34. The molecule has 0 aliphatic carbocycles. The van der Waals surface area contributed by atoms with E-state index in [9.17, 15) is 18.0 Å². The summed E-state index contributed by atoms with van der Waals surface area (Å²) in [6, 6.07) is 7.02. The van der Waals surface area contributed by atoms with Crippen LogP contribution in [0.3, 0.4) is 0 Å². The quantitative estimate of drug-likeness (QED) is 0.536. The number of sulfonamides is 1. The van der Waals surface area contributed by atoms with Gasteiger partial charge in [-0.2, -0.15) is 4.31 Å². The van der Waals surface area contributed by atoms with Crippen LogP contribution < -0.4 is 11.2 Å². The van der Waals surface area contributed by atoms with Gasteiger partial charge in [0, 0.05) is 53.4 Å². The SMILES string of the molecule is Cc1ccccc1S(=O)(=O)N1CCN(CCn2cnc3c2c(=O)n(C)c(=O)n3C)CC1. The Morgan fingerprint density at radius 2 is 1.65 bits per heavy atom. The van der Waals surface area contributed by atoms with Gasteiger partial charge in [0.25, 0.3) is 5.56 Å². The average molecular weight is 447 g/mol. The molecule has 1 saturated heterocycles. The van der Waals surface area contributed by atoms with Crippen molar-refractivity contribution in [1.29, 1.82) is 0 Å². The topological polar surface area (TPSA) is 102 Å². The van der Waals surface area contributed by atoms with Crippen molar-refractivity contribution < 1.29 is 8.42 Å². The number of aryl methyl sites for hydroxylation is 2. The summed E-state index contributed by atoms with van der Waals surface area (Å²) in [5, 5.41) is 0. The van der Waals surface area contributed by atoms with Crippen molar-refractivity contribution in [3.8, 4) is 0 Å². The first-order chi connectivity index (χ1) is 14.7. The van der Waals surface area contributed by atoms with Crippen molar-refractivity contribution >= 4 is 21.2 Å². The van der Waals surface area contributed by atoms with E-state index < -0.39 is 15.7 Å². The number of hydrogen-bond acceptors (Lipinski definition) is 6. The highest BCUT2D eigenvalue weighted by atomic mass is 32.2. The van der Waals surface area contributed by atoms with Crippen LogP contribution in [0.2, 0.25) is 0 Å². The maximum Gasteiger partial charge on any atom is 0.332 e. The molecule has 0 unspecified atom stereocenters. The summed E-state index contributed by atoms with van der Waals surface area (Å²) in [4.78, 5) is 31.4. The molecule has 0 atom stereocenters. The van der Waals surface area contributed by atoms with Gasteiger partial charge >= 0.3 is 5.69 Å². The second-order valence-electron chi connectivity index (χ2n) is 7.83. The molecule has 4 rings (SSSR count). The zero-order valence-corrected chi connectivity index (χ0v) is 18.7. The molecule has 1 aromatic carbocycles. The molecule has 3 aromatic rings. The van der Waals surface area contributed by atoms with E-state index in [0.29, 0.717) is 55.3 Å². The molecule has 1 aliphatic rings. The Morgan fingerprint density at radius 3 is 2.32 bits per heavy atom. The lowest BCUT2D eigenvalue weighted by atomic mass is 10.2. The van der Waals surface area contributed by atoms with E-state index in [4.69, 9.17) is 0 Å². The van der Waals surface area contributed by atoms with E-state index in [0.717, 1.165) is 10.1 Å². The van der Waals surface area contributed by atoms with E-state index >= 15 is 0 Å². The molecule has 0 amide bonds. The number of rotatable bonds is 5. The van der Waals surface area contributed by atoms with Crippen LogP contribution in [0, 0.1) is 6.92 Å². The number of nitrogens with zero attached hydrogens (tertiary/aromatic N) is 6. The fourth-order valence-electron chi connectivity index (χ4n) is 3.99. The molecule has 11 heteroatoms. The highest BCUT2D eigenvalue weighted by molar-refractivity contribution is 7.89. The van der Waals surface area contributed by atoms with Gasteiger partial charge in [-0.3, -0.25) is 18.8 Å². The van der Waals surface area contributed by atoms with Gasteiger partial charge in [0.05, 0.1) is 11.2 Å². The lowest BCUT2D eigenvalue weighted by molar-refractivity contribution is 0.183. The third-order valence-electron chi connectivity index (χ3n) is 5.92. The Hall–Kier alpha value is -2.76. The van der Waals surface area contributed by atoms with Gasteiger partial charge in [-0.25, -0.2) is 18.2 Å². The van der Waals surface area contributed by atoms with Crippen molar-refractivity contribution in [2.45, 2.75) is 18.4 Å². The molecular weight excluding hydrogens is 420 g/mol. The molecule has 2 aromatic heterocycles. The van der Waals surface area contributed by atoms with E-state index in [2.05, 4.69) is 9.88 Å². The van der Waals surface area contributed by atoms with Crippen molar-refractivity contribution in [1.82, 2.24) is 27.9 Å². The zero-order chi connectivity index (χ0) is 22.3. The van der Waals surface area contributed by atoms with Crippen molar-refractivity contribution in [2.24, 2.45) is 14.1 Å². The monoisotopic (exact) mass is 446 g/mol. The minimum absolute atomic E-state index is 0.356. The van der Waals surface area contributed by atoms with Crippen LogP contribution in [0.15, 0.2) is 45.1 Å². The average Bonchev–Trinajstić information content (AvgIpc) is 3.19. The number of piperazine rings is 1. The summed E-state index contributed by atoms with van der Waals surface area (Å²) < 4.78 is 31.7. The van der Waals surface area contributed by atoms with Crippen LogP contribution in [-0.4, -0.2) is 69.0 Å². The molecule has 0 saturated carbocycles. The van der Waals surface area contributed by atoms with Gasteiger partial charge in [-0.15, -0.1) is 0 Å². The normalized spacial score (nSPS) is 16.2. The predicted molar refractivity (Wildman–Crippen MR) is 117 cm³/mol. The van der Waals surface area contributed by atoms with Crippen LogP contribution in [0.4, 0.5) is 0 Å². The van der Waals surface area contributed by atoms with Crippen molar-refractivity contribution in [2.75, 3.05) is 32.7 Å². The van der Waals surface area contributed by atoms with Crippen molar-refractivity contribution in [3.63, 3.8) is 0 Å². The molecule has 10 nitrogen and oxygen atoms in total. The summed E-state index contributed by atoms with van der Waals surface area (Å²) in [7, 11) is -0.461. The second-order valence-corrected chi connectivity index (χ2v) is 9.73. The van der Waals surface area contributed by atoms with Crippen LogP contribution in [0.25, 0.3) is 11.2 Å². The molecule has 3 heterocycles. The molecule has 0 bridgehead atoms. The maximum absolute atomic E-state index is 13.0. The second kappa shape index (κ2) is 8.06. The maximum atomic E-state index is 13.0. The number of fused-ring (bicyclic) bond motifs is 1. The minimum atomic E-state index is -3.51. The van der Waals surface area contributed by atoms with E-state index in [1.807, 2.05) is 6.07 Å². The number of imidazole rings is 1. The van der Waals surface area contributed by atoms with Crippen LogP contribution in [0.1, 0.15) is 5.56 Å². The molecule has 0 spiro atoms. The summed E-state index contributed by atoms with van der Waals surface area (Å²) in [6.07, 6.45) is 1.57. The first kappa shape index (κ1) is 21.5. The van der Waals surface area contributed by atoms with Crippen LogP contribution in [-0.2, 0) is 30.7 Å². The Bertz CT molecular complexity index is 1350. The summed E-state index contributed by atoms with van der Waals surface area (Å²) in [5.41, 5.74) is 0.721. The third kappa shape index (κ3) is 3.73. The Kier molecular flexibility index (Phi) is 5.58. The lowest BCUT2D eigenvalue weighted by Crippen LogP contribution is -2.49. The van der Waals surface area contributed by atoms with Crippen LogP contribution >= 0.6 is 0 Å². The zero-order valence-electron chi connectivity index (χ0n) is 17.9. The smallest absolute Gasteiger partial charge is 0.323 e.